The van der Waals surface area contributed by atoms with Crippen molar-refractivity contribution in [1.29, 1.82) is 0 Å². The Hall–Kier alpha value is -4.58. The predicted molar refractivity (Wildman–Crippen MR) is 158 cm³/mol. The second-order valence-electron chi connectivity index (χ2n) is 10.1. The molecule has 43 heavy (non-hydrogen) atoms. The molecule has 13 heteroatoms. The second kappa shape index (κ2) is 11.3. The summed E-state index contributed by atoms with van der Waals surface area (Å²) in [6, 6.07) is 4.66. The molecule has 1 spiro atoms. The molecule has 226 valence electrons. The van der Waals surface area contributed by atoms with Gasteiger partial charge in [-0.2, -0.15) is 0 Å². The number of allylic oxidation sites excluding steroid dienone is 1. The van der Waals surface area contributed by atoms with E-state index < -0.39 is 28.8 Å². The molecule has 0 saturated carbocycles. The van der Waals surface area contributed by atoms with Crippen LogP contribution in [-0.4, -0.2) is 73.0 Å². The van der Waals surface area contributed by atoms with Crippen LogP contribution >= 0.6 is 11.6 Å². The van der Waals surface area contributed by atoms with Gasteiger partial charge in [0.2, 0.25) is 11.4 Å². The number of fused-ring (bicyclic) bond motifs is 2. The van der Waals surface area contributed by atoms with Gasteiger partial charge in [0.1, 0.15) is 27.9 Å². The number of aryl methyl sites for hydroxylation is 1. The van der Waals surface area contributed by atoms with Crippen molar-refractivity contribution in [3.63, 3.8) is 0 Å². The van der Waals surface area contributed by atoms with Gasteiger partial charge in [0.15, 0.2) is 28.8 Å². The summed E-state index contributed by atoms with van der Waals surface area (Å²) < 4.78 is 28.9. The molecule has 12 nitrogen and oxygen atoms in total. The van der Waals surface area contributed by atoms with Crippen LogP contribution in [0.2, 0.25) is 5.02 Å². The maximum absolute atomic E-state index is 13.8. The number of aliphatic hydroxyl groups excluding tert-OH is 1. The minimum absolute atomic E-state index is 0.000176. The van der Waals surface area contributed by atoms with Crippen LogP contribution in [0.5, 0.6) is 28.7 Å². The summed E-state index contributed by atoms with van der Waals surface area (Å²) in [6.45, 7) is 3.53. The minimum atomic E-state index is -1.91. The van der Waals surface area contributed by atoms with Crippen LogP contribution in [0.1, 0.15) is 29.5 Å². The smallest absolute Gasteiger partial charge is 0.261 e. The molecule has 0 fully saturated rings. The van der Waals surface area contributed by atoms with Gasteiger partial charge >= 0.3 is 0 Å². The van der Waals surface area contributed by atoms with E-state index in [0.29, 0.717) is 28.2 Å². The van der Waals surface area contributed by atoms with Gasteiger partial charge in [0.05, 0.1) is 51.5 Å². The number of rotatable bonds is 8. The van der Waals surface area contributed by atoms with E-state index in [1.165, 1.54) is 45.3 Å². The van der Waals surface area contributed by atoms with Crippen LogP contribution in [0, 0.1) is 12.8 Å². The highest BCUT2D eigenvalue weighted by Gasteiger charge is 2.60. The summed E-state index contributed by atoms with van der Waals surface area (Å²) in [4.78, 5) is 49.0. The van der Waals surface area contributed by atoms with Gasteiger partial charge < -0.3 is 28.8 Å². The van der Waals surface area contributed by atoms with E-state index in [0.717, 1.165) is 0 Å². The average molecular weight is 612 g/mol. The van der Waals surface area contributed by atoms with Gasteiger partial charge in [-0.3, -0.25) is 23.9 Å². The van der Waals surface area contributed by atoms with Gasteiger partial charge in [-0.15, -0.1) is 0 Å². The fourth-order valence-electron chi connectivity index (χ4n) is 5.55. The maximum Gasteiger partial charge on any atom is 0.261 e. The highest BCUT2D eigenvalue weighted by atomic mass is 35.5. The Morgan fingerprint density at radius 2 is 1.72 bits per heavy atom. The van der Waals surface area contributed by atoms with Crippen molar-refractivity contribution in [2.75, 3.05) is 35.0 Å². The molecule has 0 amide bonds. The van der Waals surface area contributed by atoms with Crippen LogP contribution < -0.4 is 29.2 Å². The number of methoxy groups -OCH3 is 4. The van der Waals surface area contributed by atoms with Crippen LogP contribution in [-0.2, 0) is 11.3 Å². The lowest BCUT2D eigenvalue weighted by atomic mass is 9.73. The van der Waals surface area contributed by atoms with Crippen molar-refractivity contribution in [3.05, 3.63) is 56.3 Å². The Balaban J connectivity index is 1.47. The normalized spacial score (nSPS) is 19.7. The molecule has 2 atom stereocenters. The fourth-order valence-corrected chi connectivity index (χ4v) is 5.81. The highest BCUT2D eigenvalue weighted by molar-refractivity contribution is 6.35. The molecule has 0 bridgehead atoms. The zero-order valence-corrected chi connectivity index (χ0v) is 25.2. The largest absolute Gasteiger partial charge is 0.507 e. The van der Waals surface area contributed by atoms with Crippen molar-refractivity contribution < 1.29 is 38.4 Å². The van der Waals surface area contributed by atoms with Gasteiger partial charge in [-0.25, -0.2) is 4.98 Å². The van der Waals surface area contributed by atoms with E-state index in [4.69, 9.17) is 35.3 Å². The quantitative estimate of drug-likeness (QED) is 0.372. The lowest BCUT2D eigenvalue weighted by Gasteiger charge is -2.36. The van der Waals surface area contributed by atoms with Crippen LogP contribution in [0.15, 0.2) is 39.3 Å². The van der Waals surface area contributed by atoms with E-state index in [2.05, 4.69) is 9.98 Å². The molecule has 5 rings (SSSR count). The van der Waals surface area contributed by atoms with Crippen molar-refractivity contribution in [2.24, 2.45) is 10.9 Å². The van der Waals surface area contributed by atoms with Gasteiger partial charge in [0.25, 0.3) is 5.56 Å². The first-order valence-corrected chi connectivity index (χ1v) is 13.7. The number of hydrogen-bond acceptors (Lipinski definition) is 11. The summed E-state index contributed by atoms with van der Waals surface area (Å²) in [7, 11) is 5.77. The number of halogens is 1. The molecule has 2 aliphatic rings. The Morgan fingerprint density at radius 3 is 2.37 bits per heavy atom. The van der Waals surface area contributed by atoms with Crippen LogP contribution in [0.4, 0.5) is 0 Å². The number of ketones is 2. The number of carbonyl (C=O) groups excluding carboxylic acids is 2. The first kappa shape index (κ1) is 29.9. The van der Waals surface area contributed by atoms with E-state index >= 15 is 0 Å². The number of hydrogen-bond donors (Lipinski definition) is 1. The molecule has 1 aliphatic heterocycles. The SMILES string of the molecule is COc1cc2nc(C)n(CCN=CC3=C(O)C4(Oc5c(Cl)c(OC)cc(OC)c5C4=O)C(C)CC3=O)c(=O)c2cc1OC. The third-order valence-corrected chi connectivity index (χ3v) is 8.19. The van der Waals surface area contributed by atoms with Crippen LogP contribution in [0.3, 0.4) is 0 Å². The molecule has 0 radical (unpaired) electrons. The van der Waals surface area contributed by atoms with E-state index in [-0.39, 0.29) is 58.5 Å². The summed E-state index contributed by atoms with van der Waals surface area (Å²) in [5.74, 6) is -0.630. The Morgan fingerprint density at radius 1 is 1.07 bits per heavy atom. The maximum atomic E-state index is 13.8. The lowest BCUT2D eigenvalue weighted by Crippen LogP contribution is -2.52. The van der Waals surface area contributed by atoms with Crippen molar-refractivity contribution in [3.8, 4) is 28.7 Å². The van der Waals surface area contributed by atoms with E-state index in [9.17, 15) is 19.5 Å². The van der Waals surface area contributed by atoms with Crippen LogP contribution in [0.25, 0.3) is 10.9 Å². The first-order chi connectivity index (χ1) is 20.5. The van der Waals surface area contributed by atoms with Crippen molar-refractivity contribution >= 4 is 40.3 Å². The third-order valence-electron chi connectivity index (χ3n) is 7.83. The molecule has 2 aromatic carbocycles. The average Bonchev–Trinajstić information content (AvgIpc) is 3.31. The highest BCUT2D eigenvalue weighted by Crippen LogP contribution is 2.54. The number of benzene rings is 2. The molecule has 2 heterocycles. The molecule has 2 unspecified atom stereocenters. The first-order valence-electron chi connectivity index (χ1n) is 13.3. The number of nitrogens with zero attached hydrogens (tertiary/aromatic N) is 3. The van der Waals surface area contributed by atoms with Crippen molar-refractivity contribution in [2.45, 2.75) is 32.4 Å². The van der Waals surface area contributed by atoms with Gasteiger partial charge in [-0.05, 0) is 13.0 Å². The van der Waals surface area contributed by atoms with E-state index in [1.807, 2.05) is 0 Å². The molecule has 1 aliphatic carbocycles. The topological polar surface area (TPSA) is 148 Å². The zero-order chi connectivity index (χ0) is 31.2. The molecular formula is C30H30ClN3O9. The summed E-state index contributed by atoms with van der Waals surface area (Å²) in [6.07, 6.45) is 1.10. The number of carbonyl (C=O) groups is 2. The predicted octanol–water partition coefficient (Wildman–Crippen LogP) is 3.90. The van der Waals surface area contributed by atoms with Crippen molar-refractivity contribution in [1.82, 2.24) is 9.55 Å². The Kier molecular flexibility index (Phi) is 7.82. The fraction of sp³-hybridized carbons (Fsp3) is 0.367. The standard InChI is InChI=1S/C30H30ClN3O9/c1-14-9-19(35)17(27(36)30(14)28(37)24-22(41-5)12-23(42-6)25(31)26(24)43-30)13-32-7-8-34-15(2)33-18-11-21(40-4)20(39-3)10-16(18)29(34)38/h10-14,36H,7-9H2,1-6H3. The third kappa shape index (κ3) is 4.56. The number of aliphatic imine (C=N–C) groups is 1. The van der Waals surface area contributed by atoms with Gasteiger partial charge in [-0.1, -0.05) is 18.5 Å². The number of aromatic nitrogens is 2. The summed E-state index contributed by atoms with van der Waals surface area (Å²) in [5.41, 5.74) is -1.87. The minimum Gasteiger partial charge on any atom is -0.507 e. The number of aliphatic hydroxyl groups is 1. The number of Topliss-reactive ketones (excluding diaryl/α,β-unsaturated/α-hetero) is 2. The summed E-state index contributed by atoms with van der Waals surface area (Å²) in [5, 5.41) is 11.8. The monoisotopic (exact) mass is 611 g/mol. The molecular weight excluding hydrogens is 582 g/mol. The zero-order valence-electron chi connectivity index (χ0n) is 24.4. The molecule has 1 aromatic heterocycles. The molecule has 3 aromatic rings. The number of ether oxygens (including phenoxy) is 5. The summed E-state index contributed by atoms with van der Waals surface area (Å²) >= 11 is 6.47. The molecule has 0 saturated heterocycles. The lowest BCUT2D eigenvalue weighted by molar-refractivity contribution is -0.118. The van der Waals surface area contributed by atoms with Gasteiger partial charge in [0, 0.05) is 37.2 Å². The second-order valence-corrected chi connectivity index (χ2v) is 10.5. The van der Waals surface area contributed by atoms with E-state index in [1.54, 1.807) is 26.0 Å². The Labute approximate surface area is 251 Å². The molecule has 1 N–H and O–H groups in total. The Bertz CT molecular complexity index is 1800.